The first-order valence-electron chi connectivity index (χ1n) is 31.7. The molecule has 0 unspecified atom stereocenters. The Morgan fingerprint density at radius 1 is 0.479 bits per heavy atom. The fourth-order valence-electron chi connectivity index (χ4n) is 9.66. The van der Waals surface area contributed by atoms with Gasteiger partial charge in [0.05, 0.1) is 0 Å². The highest BCUT2D eigenvalue weighted by Crippen LogP contribution is 2.31. The summed E-state index contributed by atoms with van der Waals surface area (Å²) in [6, 6.07) is 28.3. The number of phenolic OH excluding ortho intramolecular Hbond substituents is 2. The van der Waals surface area contributed by atoms with E-state index in [1.807, 2.05) is 18.2 Å². The van der Waals surface area contributed by atoms with Gasteiger partial charge >= 0.3 is 30.5 Å². The summed E-state index contributed by atoms with van der Waals surface area (Å²) in [7, 11) is 0. The summed E-state index contributed by atoms with van der Waals surface area (Å²) in [5.74, 6) is -5.04. The van der Waals surface area contributed by atoms with Gasteiger partial charge in [-0.1, -0.05) is 103 Å². The van der Waals surface area contributed by atoms with Crippen LogP contribution in [0.15, 0.2) is 127 Å². The van der Waals surface area contributed by atoms with Crippen LogP contribution in [-0.2, 0) is 80.3 Å². The maximum absolute atomic E-state index is 15.2. The summed E-state index contributed by atoms with van der Waals surface area (Å²) in [6.45, 7) is 9.42. The average Bonchev–Trinajstić information content (AvgIpc) is 1.12. The number of fused-ring (bicyclic) bond motifs is 5. The molecule has 5 aromatic carbocycles. The lowest BCUT2D eigenvalue weighted by atomic mass is 9.95. The van der Waals surface area contributed by atoms with Crippen LogP contribution in [0.25, 0.3) is 11.1 Å². The van der Waals surface area contributed by atoms with Crippen LogP contribution in [0.3, 0.4) is 0 Å². The van der Waals surface area contributed by atoms with Gasteiger partial charge in [-0.15, -0.1) is 0 Å². The number of carbonyl (C=O) groups excluding carboxylic acids is 10. The van der Waals surface area contributed by atoms with Crippen molar-refractivity contribution in [2.45, 2.75) is 154 Å². The Hall–Kier alpha value is -10.6. The van der Waals surface area contributed by atoms with Crippen molar-refractivity contribution in [3.8, 4) is 22.6 Å². The molecule has 0 saturated carbocycles. The lowest BCUT2D eigenvalue weighted by molar-refractivity contribution is -0.135. The largest absolute Gasteiger partial charge is 0.508 e. The van der Waals surface area contributed by atoms with Crippen LogP contribution in [0.4, 0.5) is 24.0 Å². The number of ether oxygens (including phenoxy) is 5. The molecule has 5 aromatic rings. The molecule has 1 aliphatic rings. The Kier molecular flexibility index (Phi) is 28.9. The quantitative estimate of drug-likeness (QED) is 0.0198. The van der Waals surface area contributed by atoms with Gasteiger partial charge in [0, 0.05) is 45.6 Å². The van der Waals surface area contributed by atoms with E-state index in [0.717, 1.165) is 16.7 Å². The smallest absolute Gasteiger partial charge is 0.408 e. The molecule has 27 nitrogen and oxygen atoms in total. The van der Waals surface area contributed by atoms with Crippen molar-refractivity contribution in [2.24, 2.45) is 0 Å². The number of hydrogen-bond acceptors (Lipinski definition) is 17. The zero-order chi connectivity index (χ0) is 69.6. The summed E-state index contributed by atoms with van der Waals surface area (Å²) in [4.78, 5) is 138. The van der Waals surface area contributed by atoms with E-state index in [9.17, 15) is 53.4 Å². The van der Waals surface area contributed by atoms with Gasteiger partial charge in [0.2, 0.25) is 29.5 Å². The zero-order valence-electron chi connectivity index (χ0n) is 54.8. The molecule has 10 amide bonds. The third-order valence-corrected chi connectivity index (χ3v) is 14.4. The van der Waals surface area contributed by atoms with Gasteiger partial charge in [0.25, 0.3) is 0 Å². The van der Waals surface area contributed by atoms with Gasteiger partial charge in [-0.05, 0) is 143 Å². The third-order valence-electron chi connectivity index (χ3n) is 14.4. The molecule has 0 fully saturated rings. The summed E-state index contributed by atoms with van der Waals surface area (Å²) in [6.07, 6.45) is -5.18. The predicted octanol–water partition coefficient (Wildman–Crippen LogP) is 6.46. The number of phenols is 2. The number of alkyl carbamates (subject to hydrolysis) is 5. The van der Waals surface area contributed by atoms with Gasteiger partial charge < -0.3 is 87.1 Å². The first kappa shape index (κ1) is 74.4. The molecule has 96 heavy (non-hydrogen) atoms. The maximum Gasteiger partial charge on any atom is 0.408 e. The molecule has 1 heterocycles. The Labute approximate surface area is 557 Å². The van der Waals surface area contributed by atoms with Crippen molar-refractivity contribution in [1.29, 1.82) is 0 Å². The zero-order valence-corrected chi connectivity index (χ0v) is 54.8. The van der Waals surface area contributed by atoms with Crippen LogP contribution < -0.4 is 53.2 Å². The molecule has 6 rings (SSSR count). The van der Waals surface area contributed by atoms with Crippen LogP contribution in [0.1, 0.15) is 108 Å². The fraction of sp³-hybridized carbons (Fsp3) is 0.420. The number of rotatable bonds is 27. The van der Waals surface area contributed by atoms with E-state index >= 15 is 4.79 Å². The lowest BCUT2D eigenvalue weighted by Crippen LogP contribution is -2.60. The molecule has 0 saturated heterocycles. The van der Waals surface area contributed by atoms with Crippen LogP contribution in [0, 0.1) is 0 Å². The van der Waals surface area contributed by atoms with Gasteiger partial charge in [0.1, 0.15) is 72.7 Å². The highest BCUT2D eigenvalue weighted by molar-refractivity contribution is 5.96. The van der Waals surface area contributed by atoms with Gasteiger partial charge in [-0.3, -0.25) is 24.0 Å². The van der Waals surface area contributed by atoms with Crippen molar-refractivity contribution in [2.75, 3.05) is 32.7 Å². The molecule has 0 aromatic heterocycles. The Morgan fingerprint density at radius 2 is 0.906 bits per heavy atom. The minimum atomic E-state index is -1.67. The Balaban J connectivity index is 1.30. The average molecular weight is 1330 g/mol. The number of aromatic hydroxyl groups is 2. The summed E-state index contributed by atoms with van der Waals surface area (Å²) < 4.78 is 26.9. The number of carbonyl (C=O) groups is 10. The Morgan fingerprint density at radius 3 is 1.40 bits per heavy atom. The van der Waals surface area contributed by atoms with Gasteiger partial charge in [-0.25, -0.2) is 24.0 Å². The van der Waals surface area contributed by atoms with Gasteiger partial charge in [-0.2, -0.15) is 0 Å². The normalized spacial score (nSPS) is 15.3. The van der Waals surface area contributed by atoms with E-state index in [4.69, 9.17) is 23.7 Å². The van der Waals surface area contributed by atoms with Gasteiger partial charge in [0.15, 0.2) is 0 Å². The second-order valence-electron chi connectivity index (χ2n) is 24.7. The summed E-state index contributed by atoms with van der Waals surface area (Å²) in [5, 5.41) is 49.2. The van der Waals surface area contributed by atoms with E-state index in [0.29, 0.717) is 11.1 Å². The van der Waals surface area contributed by atoms with E-state index < -0.39 is 108 Å². The molecule has 0 spiro atoms. The Bertz CT molecular complexity index is 3420. The third kappa shape index (κ3) is 27.2. The highest BCUT2D eigenvalue weighted by atomic mass is 16.6. The van der Waals surface area contributed by atoms with Crippen LogP contribution >= 0.6 is 0 Å². The number of hydrogen-bond donors (Lipinski definition) is 12. The monoisotopic (exact) mass is 1330 g/mol. The van der Waals surface area contributed by atoms with Crippen molar-refractivity contribution in [3.63, 3.8) is 0 Å². The predicted molar refractivity (Wildman–Crippen MR) is 352 cm³/mol. The van der Waals surface area contributed by atoms with E-state index in [-0.39, 0.29) is 120 Å². The number of amides is 10. The second-order valence-corrected chi connectivity index (χ2v) is 24.7. The molecule has 1 aliphatic heterocycles. The standard InChI is InChI=1S/C69H88N10O17/c1-68(2,3)95-66(90)73-34-18-27-53-60(84)78-54(39-49-37-47(28-30-56(49)80)48-29-31-57(81)50(38-48)40-55(62(86)77-53)79-67(91)96-69(4,5)6)61(85)76-52(26-17-33-72-64(88)93-42-45-21-12-8-13-22-45)59(83)75-51(25-16-32-71-63(87)92-41-44-19-10-7-11-20-44)58(82)70-35-36-74-65(89)94-43-46-23-14-9-15-24-46/h7-15,19-24,28-31,37-38,51-55,80-81H,16-18,25-27,32-36,39-43H2,1-6H3,(H,70,82)(H,71,87)(H,72,88)(H,73,90)(H,74,89)(H,75,83)(H,76,85)(H,77,86)(H,78,84)(H,79,91)/t51-,52-,53-,54-,55-/m0/s1. The fourth-order valence-corrected chi connectivity index (χ4v) is 9.66. The first-order chi connectivity index (χ1) is 45.8. The van der Waals surface area contributed by atoms with Crippen molar-refractivity contribution >= 4 is 60.0 Å². The van der Waals surface area contributed by atoms with E-state index in [1.54, 1.807) is 139 Å². The summed E-state index contributed by atoms with van der Waals surface area (Å²) in [5.41, 5.74) is 1.60. The highest BCUT2D eigenvalue weighted by Gasteiger charge is 2.35. The van der Waals surface area contributed by atoms with Crippen LogP contribution in [0.5, 0.6) is 11.5 Å². The lowest BCUT2D eigenvalue weighted by Gasteiger charge is -2.28. The first-order valence-corrected chi connectivity index (χ1v) is 31.7. The topological polar surface area (TPSA) is 378 Å². The van der Waals surface area contributed by atoms with E-state index in [1.165, 1.54) is 12.1 Å². The molecule has 0 aliphatic carbocycles. The summed E-state index contributed by atoms with van der Waals surface area (Å²) >= 11 is 0. The number of nitrogens with one attached hydrogen (secondary N) is 10. The minimum Gasteiger partial charge on any atom is -0.508 e. The maximum atomic E-state index is 15.2. The molecular formula is C69H88N10O17. The molecule has 516 valence electrons. The van der Waals surface area contributed by atoms with Crippen LogP contribution in [0.2, 0.25) is 0 Å². The van der Waals surface area contributed by atoms with E-state index in [2.05, 4.69) is 53.2 Å². The van der Waals surface area contributed by atoms with Crippen LogP contribution in [-0.4, -0.2) is 144 Å². The van der Waals surface area contributed by atoms with Crippen molar-refractivity contribution < 1.29 is 81.8 Å². The molecule has 4 bridgehead atoms. The minimum absolute atomic E-state index is 0.00906. The molecule has 12 N–H and O–H groups in total. The number of benzene rings is 5. The van der Waals surface area contributed by atoms with Crippen molar-refractivity contribution in [1.82, 2.24) is 53.2 Å². The van der Waals surface area contributed by atoms with Crippen molar-refractivity contribution in [3.05, 3.63) is 155 Å². The SMILES string of the molecule is CC(C)(C)OC(=O)NCCC[C@@H]1NC(=O)[C@@H](NC(=O)OC(C)(C)C)Cc2cc(ccc2O)-c2ccc(O)c(c2)C[C@@H](C(=O)N[C@@H](CCCNC(=O)OCc2ccccc2)C(=O)N[C@@H](CCCNC(=O)OCc2ccccc2)C(=O)NCCNC(=O)OCc2ccccc2)NC1=O. The molecule has 5 atom stereocenters. The molecule has 27 heteroatoms. The molecule has 0 radical (unpaired) electrons. The molecular weight excluding hydrogens is 1240 g/mol. The second kappa shape index (κ2) is 37.3.